The van der Waals surface area contributed by atoms with E-state index in [9.17, 15) is 14.4 Å². The highest BCUT2D eigenvalue weighted by atomic mass is 17.3. The predicted octanol–water partition coefficient (Wildman–Crippen LogP) is 3.90. The number of amides is 1. The van der Waals surface area contributed by atoms with Crippen LogP contribution in [0.5, 0.6) is 0 Å². The fraction of sp³-hybridized carbons (Fsp3) is 0.645. The molecule has 42 heavy (non-hydrogen) atoms. The van der Waals surface area contributed by atoms with Crippen LogP contribution in [0.3, 0.4) is 0 Å². The number of fused-ring (bicyclic) bond motifs is 3. The topological polar surface area (TPSA) is 134 Å². The van der Waals surface area contributed by atoms with Crippen LogP contribution in [-0.4, -0.2) is 59.9 Å². The highest BCUT2D eigenvalue weighted by Crippen LogP contribution is 2.60. The van der Waals surface area contributed by atoms with Gasteiger partial charge in [-0.1, -0.05) is 32.0 Å². The van der Waals surface area contributed by atoms with Crippen LogP contribution < -0.4 is 5.32 Å². The van der Waals surface area contributed by atoms with Gasteiger partial charge < -0.3 is 29.2 Å². The Hall–Kier alpha value is -2.99. The molecule has 11 heteroatoms. The van der Waals surface area contributed by atoms with Crippen LogP contribution in [0.1, 0.15) is 64.9 Å². The lowest BCUT2D eigenvalue weighted by Gasteiger charge is -2.59. The molecule has 228 valence electrons. The maximum atomic E-state index is 12.9. The molecule has 2 bridgehead atoms. The minimum atomic E-state index is -0.923. The predicted molar refractivity (Wildman–Crippen MR) is 148 cm³/mol. The SMILES string of the molecule is COC(=O)[C@@H](Cc1c[nH]c2ccccc12)NC(=O)CCC(=O)O[C@@H]1O[C@@H]2O[C@@]3(C)CC[C@H]4[C@H](C)CC[C@@H]([C@H]1C)[C@@]24OO3. The molecule has 9 atom stereocenters. The second kappa shape index (κ2) is 11.3. The first-order chi connectivity index (χ1) is 20.1. The number of nitrogens with one attached hydrogen (secondary N) is 2. The zero-order valence-electron chi connectivity index (χ0n) is 24.6. The van der Waals surface area contributed by atoms with Gasteiger partial charge >= 0.3 is 11.9 Å². The Balaban J connectivity index is 1.07. The molecule has 4 saturated heterocycles. The van der Waals surface area contributed by atoms with Gasteiger partial charge in [0.05, 0.1) is 13.5 Å². The number of H-pyrrole nitrogens is 1. The van der Waals surface area contributed by atoms with Gasteiger partial charge in [0.1, 0.15) is 6.04 Å². The van der Waals surface area contributed by atoms with Crippen LogP contribution in [0.15, 0.2) is 30.5 Å². The Bertz CT molecular complexity index is 1340. The van der Waals surface area contributed by atoms with E-state index < -0.39 is 47.9 Å². The quantitative estimate of drug-likeness (QED) is 0.350. The zero-order chi connectivity index (χ0) is 29.6. The van der Waals surface area contributed by atoms with Crippen LogP contribution in [0.4, 0.5) is 0 Å². The Labute approximate surface area is 244 Å². The molecule has 2 N–H and O–H groups in total. The smallest absolute Gasteiger partial charge is 0.328 e. The molecule has 5 heterocycles. The van der Waals surface area contributed by atoms with E-state index in [1.807, 2.05) is 44.3 Å². The molecule has 0 radical (unpaired) electrons. The van der Waals surface area contributed by atoms with Crippen molar-refractivity contribution in [3.63, 3.8) is 0 Å². The lowest BCUT2D eigenvalue weighted by molar-refractivity contribution is -0.576. The number of aromatic amines is 1. The first-order valence-corrected chi connectivity index (χ1v) is 15.0. The molecule has 11 nitrogen and oxygen atoms in total. The Morgan fingerprint density at radius 2 is 1.90 bits per heavy atom. The van der Waals surface area contributed by atoms with Crippen LogP contribution in [0.25, 0.3) is 10.9 Å². The van der Waals surface area contributed by atoms with Crippen LogP contribution in [-0.2, 0) is 49.5 Å². The van der Waals surface area contributed by atoms with Crippen molar-refractivity contribution in [2.24, 2.45) is 23.7 Å². The van der Waals surface area contributed by atoms with E-state index in [0.29, 0.717) is 12.3 Å². The molecule has 1 aromatic heterocycles. The Morgan fingerprint density at radius 1 is 1.10 bits per heavy atom. The molecule has 1 amide bonds. The largest absolute Gasteiger partial charge is 0.467 e. The summed E-state index contributed by atoms with van der Waals surface area (Å²) >= 11 is 0. The third kappa shape index (κ3) is 5.10. The molecular weight excluding hydrogens is 544 g/mol. The average Bonchev–Trinajstić information content (AvgIpc) is 3.24. The second-order valence-electron chi connectivity index (χ2n) is 12.5. The van der Waals surface area contributed by atoms with Gasteiger partial charge in [-0.2, -0.15) is 0 Å². The first-order valence-electron chi connectivity index (χ1n) is 15.0. The highest BCUT2D eigenvalue weighted by molar-refractivity contribution is 5.88. The number of carbonyl (C=O) groups excluding carboxylic acids is 3. The molecule has 1 spiro atoms. The first kappa shape index (κ1) is 29.1. The van der Waals surface area contributed by atoms with E-state index in [-0.39, 0.29) is 37.0 Å². The summed E-state index contributed by atoms with van der Waals surface area (Å²) in [6.45, 7) is 6.09. The maximum absolute atomic E-state index is 12.9. The monoisotopic (exact) mass is 584 g/mol. The number of esters is 2. The number of ether oxygens (including phenoxy) is 4. The highest BCUT2D eigenvalue weighted by Gasteiger charge is 2.69. The number of para-hydroxylation sites is 1. The summed E-state index contributed by atoms with van der Waals surface area (Å²) in [6.07, 6.45) is 3.70. The molecule has 5 fully saturated rings. The van der Waals surface area contributed by atoms with Crippen molar-refractivity contribution in [1.29, 1.82) is 0 Å². The molecule has 2 aromatic rings. The number of hydrogen-bond donors (Lipinski definition) is 2. The Kier molecular flexibility index (Phi) is 7.80. The van der Waals surface area contributed by atoms with Crippen LogP contribution >= 0.6 is 0 Å². The van der Waals surface area contributed by atoms with Gasteiger partial charge in [-0.3, -0.25) is 9.59 Å². The van der Waals surface area contributed by atoms with Crippen LogP contribution in [0.2, 0.25) is 0 Å². The van der Waals surface area contributed by atoms with Crippen molar-refractivity contribution in [3.05, 3.63) is 36.0 Å². The van der Waals surface area contributed by atoms with E-state index in [1.54, 1.807) is 0 Å². The van der Waals surface area contributed by atoms with Gasteiger partial charge in [0.2, 0.25) is 18.0 Å². The zero-order valence-corrected chi connectivity index (χ0v) is 24.6. The number of benzene rings is 1. The van der Waals surface area contributed by atoms with Gasteiger partial charge in [0.15, 0.2) is 11.9 Å². The van der Waals surface area contributed by atoms with Crippen molar-refractivity contribution in [1.82, 2.24) is 10.3 Å². The fourth-order valence-corrected chi connectivity index (χ4v) is 7.53. The van der Waals surface area contributed by atoms with Crippen molar-refractivity contribution < 1.29 is 43.1 Å². The molecule has 1 aliphatic carbocycles. The van der Waals surface area contributed by atoms with Gasteiger partial charge in [0, 0.05) is 48.2 Å². The third-order valence-electron chi connectivity index (χ3n) is 9.82. The number of hydrogen-bond acceptors (Lipinski definition) is 9. The molecule has 4 aliphatic heterocycles. The average molecular weight is 585 g/mol. The van der Waals surface area contributed by atoms with Crippen LogP contribution in [0, 0.1) is 23.7 Å². The number of aromatic nitrogens is 1. The van der Waals surface area contributed by atoms with E-state index in [4.69, 9.17) is 28.7 Å². The lowest BCUT2D eigenvalue weighted by Crippen LogP contribution is -2.70. The standard InChI is InChI=1S/C31H40N2O9/c1-17-9-10-22-18(2)28(39-29-31(22)21(17)13-14-30(3,40-29)41-42-31)38-26(35)12-11-25(34)33-24(27(36)37-4)15-19-16-32-23-8-6-5-7-20(19)23/h5-8,16-18,21-22,24,28-29,32H,9-15H2,1-4H3,(H,33,34)/t17-,18-,21+,22+,24-,28-,29-,30-,31-/m1/s1. The molecule has 7 rings (SSSR count). The van der Waals surface area contributed by atoms with Crippen molar-refractivity contribution in [2.75, 3.05) is 7.11 Å². The summed E-state index contributed by atoms with van der Waals surface area (Å²) < 4.78 is 23.3. The minimum Gasteiger partial charge on any atom is -0.467 e. The molecular formula is C31H40N2O9. The van der Waals surface area contributed by atoms with E-state index in [2.05, 4.69) is 17.2 Å². The van der Waals surface area contributed by atoms with E-state index in [1.165, 1.54) is 7.11 Å². The van der Waals surface area contributed by atoms with Crippen molar-refractivity contribution in [3.8, 4) is 0 Å². The van der Waals surface area contributed by atoms with E-state index >= 15 is 0 Å². The number of rotatable bonds is 8. The number of carbonyl (C=O) groups is 3. The number of methoxy groups -OCH3 is 1. The van der Waals surface area contributed by atoms with Gasteiger partial charge in [0.25, 0.3) is 0 Å². The Morgan fingerprint density at radius 3 is 2.71 bits per heavy atom. The van der Waals surface area contributed by atoms with E-state index in [0.717, 1.165) is 35.7 Å². The molecule has 0 unspecified atom stereocenters. The normalized spacial score (nSPS) is 36.0. The minimum absolute atomic E-state index is 0.0199. The van der Waals surface area contributed by atoms with Crippen molar-refractivity contribution in [2.45, 2.75) is 95.7 Å². The van der Waals surface area contributed by atoms with Gasteiger partial charge in [-0.05, 0) is 49.7 Å². The third-order valence-corrected chi connectivity index (χ3v) is 9.82. The fourth-order valence-electron chi connectivity index (χ4n) is 7.53. The summed E-state index contributed by atoms with van der Waals surface area (Å²) in [5, 5.41) is 3.68. The maximum Gasteiger partial charge on any atom is 0.328 e. The summed E-state index contributed by atoms with van der Waals surface area (Å²) in [7, 11) is 1.28. The van der Waals surface area contributed by atoms with Crippen molar-refractivity contribution >= 4 is 28.7 Å². The molecule has 5 aliphatic rings. The molecule has 1 saturated carbocycles. The lowest BCUT2D eigenvalue weighted by atomic mass is 9.58. The summed E-state index contributed by atoms with van der Waals surface area (Å²) in [5.41, 5.74) is 1.06. The van der Waals surface area contributed by atoms with Gasteiger partial charge in [-0.25, -0.2) is 14.6 Å². The summed E-state index contributed by atoms with van der Waals surface area (Å²) in [4.78, 5) is 53.4. The van der Waals surface area contributed by atoms with Gasteiger partial charge in [-0.15, -0.1) is 0 Å². The summed E-state index contributed by atoms with van der Waals surface area (Å²) in [5.74, 6) is -2.01. The summed E-state index contributed by atoms with van der Waals surface area (Å²) in [6, 6.07) is 6.81. The second-order valence-corrected chi connectivity index (χ2v) is 12.5. The molecule has 1 aromatic carbocycles.